The van der Waals surface area contributed by atoms with Gasteiger partial charge in [-0.3, -0.25) is 0 Å². The van der Waals surface area contributed by atoms with Crippen molar-refractivity contribution in [3.8, 4) is 11.1 Å². The van der Waals surface area contributed by atoms with Gasteiger partial charge >= 0.3 is 6.18 Å². The summed E-state index contributed by atoms with van der Waals surface area (Å²) in [4.78, 5) is 4.83. The number of aromatic nitrogens is 2. The van der Waals surface area contributed by atoms with Gasteiger partial charge in [-0.2, -0.15) is 13.2 Å². The molecule has 2 saturated heterocycles. The lowest BCUT2D eigenvalue weighted by Gasteiger charge is -2.30. The number of anilines is 1. The van der Waals surface area contributed by atoms with Crippen LogP contribution >= 0.6 is 0 Å². The van der Waals surface area contributed by atoms with Crippen LogP contribution in [0.3, 0.4) is 0 Å². The lowest BCUT2D eigenvalue weighted by molar-refractivity contribution is -0.206. The van der Waals surface area contributed by atoms with Gasteiger partial charge in [0.25, 0.3) is 0 Å². The largest absolute Gasteiger partial charge is 0.418 e. The van der Waals surface area contributed by atoms with Crippen molar-refractivity contribution in [3.63, 3.8) is 0 Å². The Morgan fingerprint density at radius 2 is 1.84 bits per heavy atom. The van der Waals surface area contributed by atoms with Crippen LogP contribution < -0.4 is 4.90 Å². The maximum Gasteiger partial charge on any atom is 0.418 e. The number of hydrogen-bond donors (Lipinski definition) is 1. The number of alkyl halides is 3. The molecular weight excluding hydrogens is 421 g/mol. The summed E-state index contributed by atoms with van der Waals surface area (Å²) in [6.45, 7) is 4.13. The van der Waals surface area contributed by atoms with Crippen LogP contribution in [0.2, 0.25) is 0 Å². The van der Waals surface area contributed by atoms with Gasteiger partial charge < -0.3 is 14.9 Å². The Labute approximate surface area is 183 Å². The molecule has 0 aliphatic carbocycles. The molecule has 0 spiro atoms. The Balaban J connectivity index is 1.51. The molecule has 0 radical (unpaired) electrons. The minimum atomic E-state index is -4.72. The first-order chi connectivity index (χ1) is 15.4. The summed E-state index contributed by atoms with van der Waals surface area (Å²) in [5.74, 6) is 0. The van der Waals surface area contributed by atoms with Gasteiger partial charge in [0.05, 0.1) is 5.69 Å². The molecule has 2 fully saturated rings. The van der Waals surface area contributed by atoms with E-state index in [4.69, 9.17) is 4.63 Å². The number of rotatable bonds is 5. The van der Waals surface area contributed by atoms with Gasteiger partial charge in [-0.05, 0) is 84.0 Å². The predicted octanol–water partition coefficient (Wildman–Crippen LogP) is 4.55. The number of aliphatic hydroxyl groups is 1. The van der Waals surface area contributed by atoms with Crippen LogP contribution in [0.15, 0.2) is 41.0 Å². The minimum Gasteiger partial charge on any atom is -0.379 e. The summed E-state index contributed by atoms with van der Waals surface area (Å²) in [5, 5.41) is 17.8. The molecular formula is C23H25F3N4O2. The monoisotopic (exact) mass is 446 g/mol. The molecule has 0 amide bonds. The van der Waals surface area contributed by atoms with Crippen LogP contribution in [0.25, 0.3) is 22.2 Å². The number of benzene rings is 2. The number of nitrogens with zero attached hydrogens (tertiary/aromatic N) is 4. The van der Waals surface area contributed by atoms with Gasteiger partial charge in [0.1, 0.15) is 5.52 Å². The maximum atomic E-state index is 13.0. The zero-order valence-corrected chi connectivity index (χ0v) is 17.6. The molecule has 2 aliphatic rings. The van der Waals surface area contributed by atoms with E-state index >= 15 is 0 Å². The molecule has 1 N–H and O–H groups in total. The smallest absolute Gasteiger partial charge is 0.379 e. The average molecular weight is 446 g/mol. The summed E-state index contributed by atoms with van der Waals surface area (Å²) < 4.78 is 44.1. The van der Waals surface area contributed by atoms with E-state index in [1.54, 1.807) is 12.1 Å². The first-order valence-electron chi connectivity index (χ1n) is 11.0. The minimum absolute atomic E-state index is 0.192. The van der Waals surface area contributed by atoms with Crippen molar-refractivity contribution in [2.75, 3.05) is 31.1 Å². The Bertz CT molecular complexity index is 1090. The first kappa shape index (κ1) is 21.2. The van der Waals surface area contributed by atoms with Gasteiger partial charge in [0, 0.05) is 19.1 Å². The molecule has 2 unspecified atom stereocenters. The summed E-state index contributed by atoms with van der Waals surface area (Å²) in [5.41, 5.74) is 3.21. The van der Waals surface area contributed by atoms with Crippen molar-refractivity contribution in [2.45, 2.75) is 44.0 Å². The second kappa shape index (κ2) is 8.37. The zero-order valence-electron chi connectivity index (χ0n) is 17.6. The Hall–Kier alpha value is -2.65. The number of likely N-dealkylation sites (tertiary alicyclic amines) is 1. The van der Waals surface area contributed by atoms with Crippen molar-refractivity contribution in [1.29, 1.82) is 0 Å². The van der Waals surface area contributed by atoms with Crippen molar-refractivity contribution >= 4 is 16.7 Å². The van der Waals surface area contributed by atoms with Crippen LogP contribution in [0.4, 0.5) is 18.9 Å². The van der Waals surface area contributed by atoms with Gasteiger partial charge in [-0.1, -0.05) is 18.2 Å². The fourth-order valence-electron chi connectivity index (χ4n) is 4.94. The first-order valence-corrected chi connectivity index (χ1v) is 11.0. The molecule has 1 aromatic heterocycles. The van der Waals surface area contributed by atoms with Crippen molar-refractivity contribution < 1.29 is 22.9 Å². The molecule has 32 heavy (non-hydrogen) atoms. The van der Waals surface area contributed by atoms with Gasteiger partial charge in [0.15, 0.2) is 11.6 Å². The molecule has 6 nitrogen and oxygen atoms in total. The van der Waals surface area contributed by atoms with E-state index in [-0.39, 0.29) is 5.56 Å². The SMILES string of the molecule is OC(c1cccc(-c2cc(N3CCCC3CN3CCCC3)c3nonc3c2)c1)C(F)(F)F. The van der Waals surface area contributed by atoms with Gasteiger partial charge in [-0.25, -0.2) is 4.63 Å². The van der Waals surface area contributed by atoms with E-state index in [0.717, 1.165) is 44.7 Å². The summed E-state index contributed by atoms with van der Waals surface area (Å²) in [7, 11) is 0. The number of fused-ring (bicyclic) bond motifs is 1. The number of aliphatic hydroxyl groups excluding tert-OH is 1. The molecule has 9 heteroatoms. The van der Waals surface area contributed by atoms with Crippen LogP contribution in [-0.2, 0) is 0 Å². The lowest BCUT2D eigenvalue weighted by atomic mass is 9.99. The molecule has 170 valence electrons. The normalized spacial score (nSPS) is 21.0. The molecule has 0 bridgehead atoms. The average Bonchev–Trinajstić information content (AvgIpc) is 3.54. The van der Waals surface area contributed by atoms with Crippen LogP contribution in [0.5, 0.6) is 0 Å². The Morgan fingerprint density at radius 1 is 1.03 bits per heavy atom. The highest BCUT2D eigenvalue weighted by atomic mass is 19.4. The summed E-state index contributed by atoms with van der Waals surface area (Å²) in [6, 6.07) is 9.98. The fraction of sp³-hybridized carbons (Fsp3) is 0.478. The quantitative estimate of drug-likeness (QED) is 0.620. The highest BCUT2D eigenvalue weighted by Gasteiger charge is 2.39. The third-order valence-electron chi connectivity index (χ3n) is 6.54. The van der Waals surface area contributed by atoms with Crippen molar-refractivity contribution in [1.82, 2.24) is 15.2 Å². The van der Waals surface area contributed by atoms with Crippen molar-refractivity contribution in [3.05, 3.63) is 42.0 Å². The lowest BCUT2D eigenvalue weighted by Crippen LogP contribution is -2.39. The highest BCUT2D eigenvalue weighted by molar-refractivity contribution is 5.93. The Kier molecular flexibility index (Phi) is 5.54. The molecule has 3 heterocycles. The maximum absolute atomic E-state index is 13.0. The second-order valence-corrected chi connectivity index (χ2v) is 8.69. The number of hydrogen-bond acceptors (Lipinski definition) is 6. The van der Waals surface area contributed by atoms with E-state index < -0.39 is 12.3 Å². The van der Waals surface area contributed by atoms with Crippen LogP contribution in [-0.4, -0.2) is 58.7 Å². The summed E-state index contributed by atoms with van der Waals surface area (Å²) >= 11 is 0. The van der Waals surface area contributed by atoms with Crippen LogP contribution in [0, 0.1) is 0 Å². The standard InChI is InChI=1S/C23H25F3N4O2/c24-23(25,26)22(31)16-6-3-5-15(11-16)17-12-19-21(28-32-27-19)20(13-17)30-10-4-7-18(30)14-29-8-1-2-9-29/h3,5-6,11-13,18,22,31H,1-2,4,7-10,14H2. The molecule has 2 atom stereocenters. The van der Waals surface area contributed by atoms with E-state index in [1.165, 1.54) is 31.0 Å². The van der Waals surface area contributed by atoms with Gasteiger partial charge in [-0.15, -0.1) is 0 Å². The topological polar surface area (TPSA) is 65.6 Å². The van der Waals surface area contributed by atoms with Crippen LogP contribution in [0.1, 0.15) is 37.4 Å². The molecule has 3 aromatic rings. The summed E-state index contributed by atoms with van der Waals surface area (Å²) in [6.07, 6.45) is -2.62. The highest BCUT2D eigenvalue weighted by Crippen LogP contribution is 2.38. The molecule has 5 rings (SSSR count). The van der Waals surface area contributed by atoms with E-state index in [1.807, 2.05) is 6.07 Å². The second-order valence-electron chi connectivity index (χ2n) is 8.69. The fourth-order valence-corrected chi connectivity index (χ4v) is 4.94. The third kappa shape index (κ3) is 4.06. The van der Waals surface area contributed by atoms with E-state index in [2.05, 4.69) is 20.1 Å². The Morgan fingerprint density at radius 3 is 2.62 bits per heavy atom. The number of halogens is 3. The third-order valence-corrected chi connectivity index (χ3v) is 6.54. The molecule has 2 aromatic carbocycles. The van der Waals surface area contributed by atoms with Crippen molar-refractivity contribution in [2.24, 2.45) is 0 Å². The zero-order chi connectivity index (χ0) is 22.3. The molecule has 0 saturated carbocycles. The predicted molar refractivity (Wildman–Crippen MR) is 114 cm³/mol. The molecule has 2 aliphatic heterocycles. The van der Waals surface area contributed by atoms with E-state index in [9.17, 15) is 18.3 Å². The van der Waals surface area contributed by atoms with Gasteiger partial charge in [0.2, 0.25) is 0 Å². The van der Waals surface area contributed by atoms with E-state index in [0.29, 0.717) is 28.2 Å².